The summed E-state index contributed by atoms with van der Waals surface area (Å²) in [5.41, 5.74) is 3.27. The normalized spacial score (nSPS) is 11.7. The molecule has 0 spiro atoms. The molecule has 2 amide bonds. The molecule has 1 aromatic heterocycles. The standard InChI is InChI=1S/C21H21N3O2S2/c1-13-5-4-6-16(11-13)20(26)23-17-7-9-18(10-8-17)28-15(3)19(25)24-21-22-14(2)12-27-21/h4-12,15H,1-3H3,(H,23,26)(H,22,24,25). The van der Waals surface area contributed by atoms with Crippen LogP contribution in [0.3, 0.4) is 0 Å². The SMILES string of the molecule is Cc1cccc(C(=O)Nc2ccc(SC(C)C(=O)Nc3nc(C)cs3)cc2)c1. The molecule has 3 rings (SSSR count). The van der Waals surface area contributed by atoms with E-state index in [4.69, 9.17) is 0 Å². The summed E-state index contributed by atoms with van der Waals surface area (Å²) in [6, 6.07) is 14.9. The highest BCUT2D eigenvalue weighted by Crippen LogP contribution is 2.26. The second kappa shape index (κ2) is 9.03. The van der Waals surface area contributed by atoms with Gasteiger partial charge in [0.15, 0.2) is 5.13 Å². The summed E-state index contributed by atoms with van der Waals surface area (Å²) in [7, 11) is 0. The summed E-state index contributed by atoms with van der Waals surface area (Å²) < 4.78 is 0. The van der Waals surface area contributed by atoms with Gasteiger partial charge in [-0.1, -0.05) is 17.7 Å². The number of hydrogen-bond donors (Lipinski definition) is 2. The second-order valence-electron chi connectivity index (χ2n) is 6.39. The van der Waals surface area contributed by atoms with Crippen molar-refractivity contribution in [1.82, 2.24) is 4.98 Å². The molecule has 7 heteroatoms. The Labute approximate surface area is 172 Å². The third-order valence-corrected chi connectivity index (χ3v) is 5.91. The van der Waals surface area contributed by atoms with Crippen molar-refractivity contribution in [2.45, 2.75) is 30.9 Å². The first-order valence-corrected chi connectivity index (χ1v) is 10.5. The van der Waals surface area contributed by atoms with Crippen LogP contribution in [0.1, 0.15) is 28.5 Å². The van der Waals surface area contributed by atoms with Crippen molar-refractivity contribution < 1.29 is 9.59 Å². The van der Waals surface area contributed by atoms with Gasteiger partial charge in [0.05, 0.1) is 10.9 Å². The Bertz CT molecular complexity index is 983. The van der Waals surface area contributed by atoms with Gasteiger partial charge in [-0.15, -0.1) is 23.1 Å². The van der Waals surface area contributed by atoms with E-state index in [9.17, 15) is 9.59 Å². The van der Waals surface area contributed by atoms with E-state index >= 15 is 0 Å². The summed E-state index contributed by atoms with van der Waals surface area (Å²) >= 11 is 2.87. The molecule has 0 aliphatic rings. The van der Waals surface area contributed by atoms with Crippen molar-refractivity contribution in [3.63, 3.8) is 0 Å². The van der Waals surface area contributed by atoms with Gasteiger partial charge in [-0.3, -0.25) is 9.59 Å². The third kappa shape index (κ3) is 5.43. The lowest BCUT2D eigenvalue weighted by molar-refractivity contribution is -0.115. The largest absolute Gasteiger partial charge is 0.322 e. The lowest BCUT2D eigenvalue weighted by Crippen LogP contribution is -2.22. The van der Waals surface area contributed by atoms with E-state index in [2.05, 4.69) is 15.6 Å². The molecule has 0 fully saturated rings. The fourth-order valence-corrected chi connectivity index (χ4v) is 4.04. The lowest BCUT2D eigenvalue weighted by Gasteiger charge is -2.11. The Balaban J connectivity index is 1.56. The number of benzene rings is 2. The molecule has 0 bridgehead atoms. The molecule has 144 valence electrons. The fourth-order valence-electron chi connectivity index (χ4n) is 2.48. The van der Waals surface area contributed by atoms with Crippen molar-refractivity contribution in [1.29, 1.82) is 0 Å². The second-order valence-corrected chi connectivity index (χ2v) is 8.66. The van der Waals surface area contributed by atoms with Crippen molar-refractivity contribution in [2.75, 3.05) is 10.6 Å². The Hall–Kier alpha value is -2.64. The summed E-state index contributed by atoms with van der Waals surface area (Å²) in [6.45, 7) is 5.70. The summed E-state index contributed by atoms with van der Waals surface area (Å²) in [5, 5.41) is 7.97. The maximum absolute atomic E-state index is 12.3. The Kier molecular flexibility index (Phi) is 6.49. The maximum atomic E-state index is 12.3. The molecule has 0 saturated carbocycles. The van der Waals surface area contributed by atoms with Crippen LogP contribution in [0.25, 0.3) is 0 Å². The first-order valence-electron chi connectivity index (χ1n) is 8.78. The van der Waals surface area contributed by atoms with E-state index in [0.717, 1.165) is 16.2 Å². The van der Waals surface area contributed by atoms with Gasteiger partial charge in [0, 0.05) is 21.5 Å². The lowest BCUT2D eigenvalue weighted by atomic mass is 10.1. The Morgan fingerprint density at radius 3 is 2.46 bits per heavy atom. The number of nitrogens with zero attached hydrogens (tertiary/aromatic N) is 1. The third-order valence-electron chi connectivity index (χ3n) is 3.92. The topological polar surface area (TPSA) is 71.1 Å². The molecule has 0 aliphatic heterocycles. The van der Waals surface area contributed by atoms with Crippen LogP contribution in [0, 0.1) is 13.8 Å². The molecular formula is C21H21N3O2S2. The molecule has 0 saturated heterocycles. The summed E-state index contributed by atoms with van der Waals surface area (Å²) in [6.07, 6.45) is 0. The average Bonchev–Trinajstić information content (AvgIpc) is 3.08. The van der Waals surface area contributed by atoms with Crippen molar-refractivity contribution in [3.05, 3.63) is 70.7 Å². The Morgan fingerprint density at radius 2 is 1.82 bits per heavy atom. The molecule has 2 aromatic carbocycles. The predicted molar refractivity (Wildman–Crippen MR) is 116 cm³/mol. The van der Waals surface area contributed by atoms with Gasteiger partial charge in [0.2, 0.25) is 5.91 Å². The van der Waals surface area contributed by atoms with E-state index < -0.39 is 0 Å². The molecule has 2 N–H and O–H groups in total. The number of amides is 2. The average molecular weight is 412 g/mol. The van der Waals surface area contributed by atoms with E-state index in [1.165, 1.54) is 23.1 Å². The number of thioether (sulfide) groups is 1. The first kappa shape index (κ1) is 20.1. The number of aromatic nitrogens is 1. The van der Waals surface area contributed by atoms with Crippen LogP contribution in [0.4, 0.5) is 10.8 Å². The van der Waals surface area contributed by atoms with E-state index in [1.54, 1.807) is 6.07 Å². The Morgan fingerprint density at radius 1 is 1.07 bits per heavy atom. The van der Waals surface area contributed by atoms with Crippen molar-refractivity contribution in [3.8, 4) is 0 Å². The summed E-state index contributed by atoms with van der Waals surface area (Å²) in [5.74, 6) is -0.230. The van der Waals surface area contributed by atoms with Crippen molar-refractivity contribution >= 4 is 45.7 Å². The first-order chi connectivity index (χ1) is 13.4. The number of thiazole rings is 1. The number of hydrogen-bond acceptors (Lipinski definition) is 5. The number of anilines is 2. The van der Waals surface area contributed by atoms with Gasteiger partial charge in [-0.05, 0) is 57.2 Å². The zero-order valence-corrected chi connectivity index (χ0v) is 17.5. The molecule has 5 nitrogen and oxygen atoms in total. The minimum absolute atomic E-state index is 0.0869. The number of carbonyl (C=O) groups excluding carboxylic acids is 2. The summed E-state index contributed by atoms with van der Waals surface area (Å²) in [4.78, 5) is 29.8. The zero-order valence-electron chi connectivity index (χ0n) is 15.9. The van der Waals surface area contributed by atoms with Crippen LogP contribution in [0.15, 0.2) is 58.8 Å². The van der Waals surface area contributed by atoms with Gasteiger partial charge in [-0.25, -0.2) is 4.98 Å². The van der Waals surface area contributed by atoms with Crippen LogP contribution in [-0.2, 0) is 4.79 Å². The number of nitrogens with one attached hydrogen (secondary N) is 2. The molecule has 1 unspecified atom stereocenters. The van der Waals surface area contributed by atoms with Crippen LogP contribution < -0.4 is 10.6 Å². The van der Waals surface area contributed by atoms with Crippen LogP contribution in [-0.4, -0.2) is 22.0 Å². The highest BCUT2D eigenvalue weighted by molar-refractivity contribution is 8.00. The highest BCUT2D eigenvalue weighted by atomic mass is 32.2. The van der Waals surface area contributed by atoms with Gasteiger partial charge in [0.1, 0.15) is 0 Å². The smallest absolute Gasteiger partial charge is 0.255 e. The number of rotatable bonds is 6. The highest BCUT2D eigenvalue weighted by Gasteiger charge is 2.16. The monoisotopic (exact) mass is 411 g/mol. The van der Waals surface area contributed by atoms with Gasteiger partial charge < -0.3 is 10.6 Å². The van der Waals surface area contributed by atoms with E-state index in [1.807, 2.05) is 68.6 Å². The molecule has 28 heavy (non-hydrogen) atoms. The molecular weight excluding hydrogens is 390 g/mol. The van der Waals surface area contributed by atoms with Gasteiger partial charge >= 0.3 is 0 Å². The number of aryl methyl sites for hydroxylation is 2. The molecule has 0 aliphatic carbocycles. The van der Waals surface area contributed by atoms with Crippen LogP contribution in [0.5, 0.6) is 0 Å². The van der Waals surface area contributed by atoms with Crippen LogP contribution in [0.2, 0.25) is 0 Å². The van der Waals surface area contributed by atoms with E-state index in [0.29, 0.717) is 16.4 Å². The predicted octanol–water partition coefficient (Wildman–Crippen LogP) is 5.13. The van der Waals surface area contributed by atoms with Gasteiger partial charge in [-0.2, -0.15) is 0 Å². The molecule has 0 radical (unpaired) electrons. The molecule has 1 atom stereocenters. The molecule has 3 aromatic rings. The zero-order chi connectivity index (χ0) is 20.1. The fraction of sp³-hybridized carbons (Fsp3) is 0.190. The van der Waals surface area contributed by atoms with Crippen LogP contribution >= 0.6 is 23.1 Å². The molecule has 1 heterocycles. The van der Waals surface area contributed by atoms with E-state index in [-0.39, 0.29) is 17.1 Å². The maximum Gasteiger partial charge on any atom is 0.255 e. The minimum Gasteiger partial charge on any atom is -0.322 e. The van der Waals surface area contributed by atoms with Gasteiger partial charge in [0.25, 0.3) is 5.91 Å². The minimum atomic E-state index is -0.267. The quantitative estimate of drug-likeness (QED) is 0.552. The van der Waals surface area contributed by atoms with Crippen molar-refractivity contribution in [2.24, 2.45) is 0 Å². The number of carbonyl (C=O) groups is 2.